The normalized spacial score (nSPS) is 20.3. The number of hydrogen-bond acceptors (Lipinski definition) is 4. The van der Waals surface area contributed by atoms with E-state index in [-0.39, 0.29) is 11.8 Å². The molecule has 5 nitrogen and oxygen atoms in total. The summed E-state index contributed by atoms with van der Waals surface area (Å²) in [4.78, 5) is 11.3. The van der Waals surface area contributed by atoms with Crippen LogP contribution in [0.3, 0.4) is 0 Å². The Balaban J connectivity index is 1.89. The van der Waals surface area contributed by atoms with E-state index in [9.17, 15) is 9.90 Å². The summed E-state index contributed by atoms with van der Waals surface area (Å²) in [6, 6.07) is 7.42. The Labute approximate surface area is 119 Å². The Bertz CT molecular complexity index is 450. The van der Waals surface area contributed by atoms with E-state index in [1.54, 1.807) is 0 Å². The molecule has 1 aromatic carbocycles. The predicted molar refractivity (Wildman–Crippen MR) is 76.3 cm³/mol. The van der Waals surface area contributed by atoms with Gasteiger partial charge in [0, 0.05) is 18.9 Å². The van der Waals surface area contributed by atoms with Crippen LogP contribution in [-0.2, 0) is 4.79 Å². The van der Waals surface area contributed by atoms with Crippen molar-refractivity contribution in [1.29, 1.82) is 0 Å². The highest BCUT2D eigenvalue weighted by molar-refractivity contribution is 5.76. The predicted octanol–water partition coefficient (Wildman–Crippen LogP) is 0.974. The molecule has 5 heteroatoms. The second kappa shape index (κ2) is 7.26. The number of aliphatic hydroxyl groups excluding tert-OH is 1. The second-order valence-corrected chi connectivity index (χ2v) is 5.19. The fourth-order valence-electron chi connectivity index (χ4n) is 2.34. The first-order valence-electron chi connectivity index (χ1n) is 7.06. The Hall–Kier alpha value is -1.59. The van der Waals surface area contributed by atoms with Gasteiger partial charge in [0.15, 0.2) is 0 Å². The van der Waals surface area contributed by atoms with Crippen LogP contribution in [0.25, 0.3) is 0 Å². The van der Waals surface area contributed by atoms with Crippen LogP contribution in [0, 0.1) is 5.92 Å². The van der Waals surface area contributed by atoms with Crippen molar-refractivity contribution in [2.24, 2.45) is 11.7 Å². The molecular formula is C15H22N2O3. The number of benzene rings is 1. The van der Waals surface area contributed by atoms with E-state index in [0.29, 0.717) is 26.0 Å². The van der Waals surface area contributed by atoms with Crippen molar-refractivity contribution in [2.45, 2.75) is 25.4 Å². The van der Waals surface area contributed by atoms with Gasteiger partial charge in [-0.15, -0.1) is 0 Å². The molecule has 2 unspecified atom stereocenters. The third-order valence-corrected chi connectivity index (χ3v) is 3.52. The smallest absolute Gasteiger partial charge is 0.220 e. The minimum absolute atomic E-state index is 0.0944. The number of nitrogens with two attached hydrogens (primary N) is 1. The third-order valence-electron chi connectivity index (χ3n) is 3.52. The van der Waals surface area contributed by atoms with Crippen LogP contribution in [-0.4, -0.2) is 30.7 Å². The Kier molecular flexibility index (Phi) is 5.38. The minimum Gasteiger partial charge on any atom is -0.493 e. The Morgan fingerprint density at radius 2 is 2.35 bits per heavy atom. The maximum absolute atomic E-state index is 11.3. The van der Waals surface area contributed by atoms with Gasteiger partial charge in [0.1, 0.15) is 5.75 Å². The topological polar surface area (TPSA) is 84.6 Å². The molecule has 2 rings (SSSR count). The summed E-state index contributed by atoms with van der Waals surface area (Å²) in [5, 5.41) is 12.7. The molecule has 110 valence electrons. The van der Waals surface area contributed by atoms with Crippen molar-refractivity contribution in [2.75, 3.05) is 19.7 Å². The zero-order valence-corrected chi connectivity index (χ0v) is 11.5. The molecule has 1 amide bonds. The molecule has 1 aromatic rings. The first-order chi connectivity index (χ1) is 9.69. The van der Waals surface area contributed by atoms with Gasteiger partial charge >= 0.3 is 0 Å². The maximum Gasteiger partial charge on any atom is 0.220 e. The van der Waals surface area contributed by atoms with Gasteiger partial charge in [-0.05, 0) is 37.1 Å². The third kappa shape index (κ3) is 4.21. The fourth-order valence-corrected chi connectivity index (χ4v) is 2.34. The van der Waals surface area contributed by atoms with E-state index >= 15 is 0 Å². The van der Waals surface area contributed by atoms with E-state index < -0.39 is 6.10 Å². The monoisotopic (exact) mass is 278 g/mol. The molecule has 0 radical (unpaired) electrons. The van der Waals surface area contributed by atoms with Crippen LogP contribution in [0.1, 0.15) is 30.9 Å². The first kappa shape index (κ1) is 14.8. The summed E-state index contributed by atoms with van der Waals surface area (Å²) >= 11 is 0. The molecule has 1 aliphatic rings. The Morgan fingerprint density at radius 3 is 3.10 bits per heavy atom. The number of carbonyl (C=O) groups excluding carboxylic acids is 1. The Morgan fingerprint density at radius 1 is 1.50 bits per heavy atom. The quantitative estimate of drug-likeness (QED) is 0.724. The molecule has 1 fully saturated rings. The largest absolute Gasteiger partial charge is 0.493 e. The molecule has 0 spiro atoms. The summed E-state index contributed by atoms with van der Waals surface area (Å²) in [7, 11) is 0. The average Bonchev–Trinajstić information content (AvgIpc) is 2.46. The number of amides is 1. The minimum atomic E-state index is -0.552. The van der Waals surface area contributed by atoms with E-state index in [2.05, 4.69) is 5.32 Å². The molecule has 1 heterocycles. The first-order valence-corrected chi connectivity index (χ1v) is 7.06. The summed E-state index contributed by atoms with van der Waals surface area (Å²) in [5.74, 6) is 1.09. The summed E-state index contributed by atoms with van der Waals surface area (Å²) in [5.41, 5.74) is 6.26. The molecule has 1 aliphatic heterocycles. The summed E-state index contributed by atoms with van der Waals surface area (Å²) in [6.07, 6.45) is 1.45. The average molecular weight is 278 g/mol. The number of hydrogen-bond donors (Lipinski definition) is 3. The van der Waals surface area contributed by atoms with Crippen molar-refractivity contribution in [3.63, 3.8) is 0 Å². The van der Waals surface area contributed by atoms with E-state index in [0.717, 1.165) is 24.3 Å². The zero-order chi connectivity index (χ0) is 14.4. The molecule has 0 aliphatic carbocycles. The van der Waals surface area contributed by atoms with Crippen LogP contribution >= 0.6 is 0 Å². The van der Waals surface area contributed by atoms with E-state index in [1.807, 2.05) is 24.3 Å². The molecule has 2 atom stereocenters. The number of piperidine rings is 1. The summed E-state index contributed by atoms with van der Waals surface area (Å²) < 4.78 is 5.74. The molecule has 4 N–H and O–H groups in total. The fraction of sp³-hybridized carbons (Fsp3) is 0.533. The standard InChI is InChI=1S/C15H22N2O3/c16-6-4-14(18)12-2-1-3-13(9-12)20-10-11-5-7-17-15(19)8-11/h1-3,9,11,14,18H,4-8,10,16H2,(H,17,19). The molecule has 0 bridgehead atoms. The van der Waals surface area contributed by atoms with Gasteiger partial charge in [-0.1, -0.05) is 12.1 Å². The van der Waals surface area contributed by atoms with Gasteiger partial charge in [0.05, 0.1) is 12.7 Å². The van der Waals surface area contributed by atoms with Gasteiger partial charge in [-0.2, -0.15) is 0 Å². The van der Waals surface area contributed by atoms with Crippen LogP contribution in [0.15, 0.2) is 24.3 Å². The van der Waals surface area contributed by atoms with E-state index in [1.165, 1.54) is 0 Å². The van der Waals surface area contributed by atoms with Crippen molar-refractivity contribution >= 4 is 5.91 Å². The summed E-state index contributed by atoms with van der Waals surface area (Å²) in [6.45, 7) is 1.70. The van der Waals surface area contributed by atoms with Crippen LogP contribution in [0.4, 0.5) is 0 Å². The van der Waals surface area contributed by atoms with E-state index in [4.69, 9.17) is 10.5 Å². The lowest BCUT2D eigenvalue weighted by Gasteiger charge is -2.22. The highest BCUT2D eigenvalue weighted by atomic mass is 16.5. The SMILES string of the molecule is NCCC(O)c1cccc(OCC2CCNC(=O)C2)c1. The van der Waals surface area contributed by atoms with Crippen LogP contribution in [0.5, 0.6) is 5.75 Å². The second-order valence-electron chi connectivity index (χ2n) is 5.19. The van der Waals surface area contributed by atoms with Gasteiger partial charge in [0.25, 0.3) is 0 Å². The lowest BCUT2D eigenvalue weighted by molar-refractivity contribution is -0.123. The number of carbonyl (C=O) groups is 1. The molecule has 0 saturated carbocycles. The highest BCUT2D eigenvalue weighted by Gasteiger charge is 2.19. The molecule has 0 aromatic heterocycles. The molecular weight excluding hydrogens is 256 g/mol. The maximum atomic E-state index is 11.3. The lowest BCUT2D eigenvalue weighted by atomic mass is 9.99. The van der Waals surface area contributed by atoms with Crippen molar-refractivity contribution in [1.82, 2.24) is 5.32 Å². The van der Waals surface area contributed by atoms with Crippen molar-refractivity contribution in [3.05, 3.63) is 29.8 Å². The van der Waals surface area contributed by atoms with Gasteiger partial charge in [-0.3, -0.25) is 4.79 Å². The molecule has 20 heavy (non-hydrogen) atoms. The van der Waals surface area contributed by atoms with Crippen molar-refractivity contribution in [3.8, 4) is 5.75 Å². The van der Waals surface area contributed by atoms with Crippen LogP contribution in [0.2, 0.25) is 0 Å². The molecule has 1 saturated heterocycles. The number of nitrogens with one attached hydrogen (secondary N) is 1. The van der Waals surface area contributed by atoms with Gasteiger partial charge in [0.2, 0.25) is 5.91 Å². The number of ether oxygens (including phenoxy) is 1. The number of rotatable bonds is 6. The zero-order valence-electron chi connectivity index (χ0n) is 11.5. The van der Waals surface area contributed by atoms with Crippen LogP contribution < -0.4 is 15.8 Å². The van der Waals surface area contributed by atoms with Crippen molar-refractivity contribution < 1.29 is 14.6 Å². The number of aliphatic hydroxyl groups is 1. The lowest BCUT2D eigenvalue weighted by Crippen LogP contribution is -2.35. The van der Waals surface area contributed by atoms with Gasteiger partial charge in [-0.25, -0.2) is 0 Å². The van der Waals surface area contributed by atoms with Gasteiger partial charge < -0.3 is 20.9 Å². The highest BCUT2D eigenvalue weighted by Crippen LogP contribution is 2.22.